The highest BCUT2D eigenvalue weighted by molar-refractivity contribution is 5.71. The Morgan fingerprint density at radius 3 is 2.72 bits per heavy atom. The van der Waals surface area contributed by atoms with Crippen molar-refractivity contribution in [3.8, 4) is 16.9 Å². The van der Waals surface area contributed by atoms with Crippen LogP contribution in [0.1, 0.15) is 85.4 Å². The Labute approximate surface area is 253 Å². The third kappa shape index (κ3) is 5.46. The number of benzene rings is 2. The van der Waals surface area contributed by atoms with Gasteiger partial charge in [-0.25, -0.2) is 4.39 Å². The van der Waals surface area contributed by atoms with E-state index >= 15 is 4.39 Å². The summed E-state index contributed by atoms with van der Waals surface area (Å²) in [5.74, 6) is -0.197. The number of morpholine rings is 1. The van der Waals surface area contributed by atoms with Crippen molar-refractivity contribution in [2.45, 2.75) is 82.9 Å². The number of aliphatic carboxylic acids is 1. The van der Waals surface area contributed by atoms with Gasteiger partial charge in [0.05, 0.1) is 25.3 Å². The number of hydrogen-bond donors (Lipinski definition) is 1. The molecule has 6 nitrogen and oxygen atoms in total. The van der Waals surface area contributed by atoms with E-state index in [1.165, 1.54) is 18.2 Å². The van der Waals surface area contributed by atoms with E-state index in [-0.39, 0.29) is 23.4 Å². The minimum atomic E-state index is -0.745. The lowest BCUT2D eigenvalue weighted by molar-refractivity contribution is -0.142. The van der Waals surface area contributed by atoms with Gasteiger partial charge in [-0.3, -0.25) is 14.7 Å². The normalized spacial score (nSPS) is 22.7. The molecule has 2 aromatic carbocycles. The highest BCUT2D eigenvalue weighted by Crippen LogP contribution is 2.48. The largest absolute Gasteiger partial charge is 0.485 e. The molecule has 0 radical (unpaired) electrons. The predicted molar refractivity (Wildman–Crippen MR) is 163 cm³/mol. The molecule has 7 heteroatoms. The van der Waals surface area contributed by atoms with Gasteiger partial charge in [-0.2, -0.15) is 0 Å². The fraction of sp³-hybridized carbons (Fsp3) is 0.500. The van der Waals surface area contributed by atoms with Gasteiger partial charge >= 0.3 is 5.97 Å². The molecule has 43 heavy (non-hydrogen) atoms. The maximum Gasteiger partial charge on any atom is 0.306 e. The predicted octanol–water partition coefficient (Wildman–Crippen LogP) is 7.23. The standard InChI is InChI=1S/C36H41FN2O4/c1-22-16-30(31(37)19-38-22)29-10-8-26(17-28(29)20-39-14-15-42-21-36(39)12-3-13-36)32-11-9-24-4-7-27(18-33(24)43-32)34(25-5-6-25)23(2)35(40)41/h4,7-8,10,16-19,23,25,32,34H,3,5-6,9,11-15,20-21H2,1-2H3,(H,40,41)/t23-,32?,34-/m0/s1. The summed E-state index contributed by atoms with van der Waals surface area (Å²) >= 11 is 0. The molecule has 0 amide bonds. The molecule has 3 heterocycles. The maximum absolute atomic E-state index is 15.2. The van der Waals surface area contributed by atoms with Gasteiger partial charge in [0.25, 0.3) is 0 Å². The second-order valence-electron chi connectivity index (χ2n) is 13.3. The topological polar surface area (TPSA) is 71.9 Å². The van der Waals surface area contributed by atoms with Crippen molar-refractivity contribution in [1.29, 1.82) is 0 Å². The van der Waals surface area contributed by atoms with Crippen LogP contribution in [0.5, 0.6) is 5.75 Å². The van der Waals surface area contributed by atoms with Gasteiger partial charge in [-0.15, -0.1) is 0 Å². The molecular weight excluding hydrogens is 543 g/mol. The first kappa shape index (κ1) is 28.5. The maximum atomic E-state index is 15.2. The Kier molecular flexibility index (Phi) is 7.50. The first-order valence-corrected chi connectivity index (χ1v) is 15.9. The Bertz CT molecular complexity index is 1530. The lowest BCUT2D eigenvalue weighted by Gasteiger charge is -2.53. The van der Waals surface area contributed by atoms with Gasteiger partial charge in [0.2, 0.25) is 0 Å². The van der Waals surface area contributed by atoms with E-state index < -0.39 is 11.9 Å². The quantitative estimate of drug-likeness (QED) is 0.301. The van der Waals surface area contributed by atoms with Crippen LogP contribution in [0.15, 0.2) is 48.7 Å². The number of ether oxygens (including phenoxy) is 2. The summed E-state index contributed by atoms with van der Waals surface area (Å²) < 4.78 is 27.8. The molecule has 3 aromatic rings. The van der Waals surface area contributed by atoms with E-state index in [1.54, 1.807) is 0 Å². The second-order valence-corrected chi connectivity index (χ2v) is 13.3. The van der Waals surface area contributed by atoms with Crippen molar-refractivity contribution in [3.05, 3.63) is 82.4 Å². The van der Waals surface area contributed by atoms with E-state index in [0.717, 1.165) is 91.9 Å². The van der Waals surface area contributed by atoms with Crippen LogP contribution in [0.2, 0.25) is 0 Å². The van der Waals surface area contributed by atoms with Crippen molar-refractivity contribution in [2.24, 2.45) is 11.8 Å². The third-order valence-corrected chi connectivity index (χ3v) is 10.5. The minimum absolute atomic E-state index is 0.00345. The molecule has 2 aliphatic carbocycles. The van der Waals surface area contributed by atoms with Crippen LogP contribution >= 0.6 is 0 Å². The SMILES string of the molecule is Cc1cc(-c2ccc(C3CCc4ccc([C@H](C5CC5)[C@H](C)C(=O)O)cc4O3)cc2CN2CCOCC23CCC3)c(F)cn1. The highest BCUT2D eigenvalue weighted by Gasteiger charge is 2.45. The van der Waals surface area contributed by atoms with Crippen molar-refractivity contribution >= 4 is 5.97 Å². The zero-order valence-corrected chi connectivity index (χ0v) is 25.2. The average molecular weight is 585 g/mol. The van der Waals surface area contributed by atoms with Crippen molar-refractivity contribution in [1.82, 2.24) is 9.88 Å². The zero-order valence-electron chi connectivity index (χ0n) is 25.2. The van der Waals surface area contributed by atoms with Crippen LogP contribution in [0, 0.1) is 24.6 Å². The monoisotopic (exact) mass is 584 g/mol. The van der Waals surface area contributed by atoms with Crippen LogP contribution in [-0.2, 0) is 22.5 Å². The molecule has 1 unspecified atom stereocenters. The Morgan fingerprint density at radius 2 is 1.98 bits per heavy atom. The van der Waals surface area contributed by atoms with Gasteiger partial charge < -0.3 is 14.6 Å². The van der Waals surface area contributed by atoms with Crippen LogP contribution < -0.4 is 4.74 Å². The number of nitrogens with zero attached hydrogens (tertiary/aromatic N) is 2. The summed E-state index contributed by atoms with van der Waals surface area (Å²) in [6.07, 6.45) is 8.60. The Hall–Kier alpha value is -3.29. The summed E-state index contributed by atoms with van der Waals surface area (Å²) in [5.41, 5.74) is 6.79. The van der Waals surface area contributed by atoms with E-state index in [2.05, 4.69) is 46.3 Å². The van der Waals surface area contributed by atoms with Crippen molar-refractivity contribution in [2.75, 3.05) is 19.8 Å². The molecule has 3 fully saturated rings. The molecule has 2 aliphatic heterocycles. The lowest BCUT2D eigenvalue weighted by atomic mass is 9.75. The van der Waals surface area contributed by atoms with E-state index in [9.17, 15) is 9.90 Å². The minimum Gasteiger partial charge on any atom is -0.485 e. The number of rotatable bonds is 8. The summed E-state index contributed by atoms with van der Waals surface area (Å²) in [4.78, 5) is 18.6. The molecule has 0 bridgehead atoms. The number of pyridine rings is 1. The van der Waals surface area contributed by atoms with E-state index in [4.69, 9.17) is 9.47 Å². The molecule has 7 rings (SSSR count). The zero-order chi connectivity index (χ0) is 29.7. The number of aryl methyl sites for hydroxylation is 2. The molecular formula is C36H41FN2O4. The fourth-order valence-electron chi connectivity index (χ4n) is 7.63. The van der Waals surface area contributed by atoms with Crippen LogP contribution in [0.3, 0.4) is 0 Å². The van der Waals surface area contributed by atoms with Gasteiger partial charge in [-0.05, 0) is 104 Å². The highest BCUT2D eigenvalue weighted by atomic mass is 19.1. The number of carbonyl (C=O) groups is 1. The molecule has 3 atom stereocenters. The smallest absolute Gasteiger partial charge is 0.306 e. The van der Waals surface area contributed by atoms with Crippen molar-refractivity contribution < 1.29 is 23.8 Å². The van der Waals surface area contributed by atoms with Crippen LogP contribution in [0.25, 0.3) is 11.1 Å². The molecule has 1 spiro atoms. The Balaban J connectivity index is 1.21. The van der Waals surface area contributed by atoms with Gasteiger partial charge in [-0.1, -0.05) is 37.3 Å². The fourth-order valence-corrected chi connectivity index (χ4v) is 7.63. The summed E-state index contributed by atoms with van der Waals surface area (Å²) in [5, 5.41) is 9.78. The van der Waals surface area contributed by atoms with E-state index in [1.807, 2.05) is 19.9 Å². The molecule has 1 N–H and O–H groups in total. The molecule has 4 aliphatic rings. The van der Waals surface area contributed by atoms with E-state index in [0.29, 0.717) is 18.1 Å². The number of carboxylic acids is 1. The van der Waals surface area contributed by atoms with Gasteiger partial charge in [0.1, 0.15) is 17.7 Å². The summed E-state index contributed by atoms with van der Waals surface area (Å²) in [6, 6.07) is 14.6. The number of hydrogen-bond acceptors (Lipinski definition) is 5. The lowest BCUT2D eigenvalue weighted by Crippen LogP contribution is -2.60. The molecule has 1 saturated heterocycles. The summed E-state index contributed by atoms with van der Waals surface area (Å²) in [6.45, 7) is 6.80. The second kappa shape index (κ2) is 11.3. The number of halogens is 1. The molecule has 226 valence electrons. The van der Waals surface area contributed by atoms with Gasteiger partial charge in [0.15, 0.2) is 0 Å². The molecule has 1 aromatic heterocycles. The van der Waals surface area contributed by atoms with Crippen LogP contribution in [0.4, 0.5) is 4.39 Å². The number of fused-ring (bicyclic) bond motifs is 1. The van der Waals surface area contributed by atoms with Crippen molar-refractivity contribution in [3.63, 3.8) is 0 Å². The first-order chi connectivity index (χ1) is 20.8. The first-order valence-electron chi connectivity index (χ1n) is 15.9. The molecule has 2 saturated carbocycles. The number of aromatic nitrogens is 1. The Morgan fingerprint density at radius 1 is 1.14 bits per heavy atom. The van der Waals surface area contributed by atoms with Gasteiger partial charge in [0, 0.05) is 29.9 Å². The number of carboxylic acid groups (broad SMARTS) is 1. The summed E-state index contributed by atoms with van der Waals surface area (Å²) in [7, 11) is 0. The third-order valence-electron chi connectivity index (χ3n) is 10.5. The average Bonchev–Trinajstić information content (AvgIpc) is 3.83. The van der Waals surface area contributed by atoms with Crippen LogP contribution in [-0.4, -0.2) is 46.3 Å².